The van der Waals surface area contributed by atoms with E-state index < -0.39 is 0 Å². The van der Waals surface area contributed by atoms with Crippen LogP contribution in [-0.4, -0.2) is 0 Å². The van der Waals surface area contributed by atoms with Crippen molar-refractivity contribution in [3.05, 3.63) is 24.8 Å². The van der Waals surface area contributed by atoms with Crippen LogP contribution in [-0.2, 0) is 0 Å². The molecule has 0 radical (unpaired) electrons. The molecular weight excluding hydrogens is 132 g/mol. The standard InChI is InChI=1S/C11H18/c1-2-3-4-5-6-7-8-11-9-10-11/h2,4-5,11H,1,3,6-10H2/b5-4+. The zero-order chi connectivity index (χ0) is 7.94. The molecule has 0 atom stereocenters. The predicted octanol–water partition coefficient (Wildman–Crippen LogP) is 3.70. The van der Waals surface area contributed by atoms with Crippen molar-refractivity contribution in [2.45, 2.75) is 38.5 Å². The molecule has 0 saturated heterocycles. The second kappa shape index (κ2) is 5.17. The zero-order valence-corrected chi connectivity index (χ0v) is 7.26. The number of rotatable bonds is 6. The molecule has 62 valence electrons. The van der Waals surface area contributed by atoms with Crippen LogP contribution in [0.3, 0.4) is 0 Å². The second-order valence-electron chi connectivity index (χ2n) is 3.37. The third-order valence-electron chi connectivity index (χ3n) is 2.15. The summed E-state index contributed by atoms with van der Waals surface area (Å²) in [7, 11) is 0. The third kappa shape index (κ3) is 4.83. The zero-order valence-electron chi connectivity index (χ0n) is 7.26. The van der Waals surface area contributed by atoms with Crippen molar-refractivity contribution in [3.8, 4) is 0 Å². The topological polar surface area (TPSA) is 0 Å². The molecule has 0 aromatic heterocycles. The lowest BCUT2D eigenvalue weighted by atomic mass is 10.1. The average Bonchev–Trinajstić information content (AvgIpc) is 2.80. The van der Waals surface area contributed by atoms with Crippen molar-refractivity contribution >= 4 is 0 Å². The lowest BCUT2D eigenvalue weighted by molar-refractivity contribution is 0.675. The maximum Gasteiger partial charge on any atom is -0.0172 e. The van der Waals surface area contributed by atoms with E-state index in [1.165, 1.54) is 32.1 Å². The molecule has 0 unspecified atom stereocenters. The molecule has 0 aliphatic heterocycles. The van der Waals surface area contributed by atoms with Crippen molar-refractivity contribution < 1.29 is 0 Å². The molecule has 0 N–H and O–H groups in total. The van der Waals surface area contributed by atoms with Crippen molar-refractivity contribution in [3.63, 3.8) is 0 Å². The summed E-state index contributed by atoms with van der Waals surface area (Å²) in [6.45, 7) is 3.67. The van der Waals surface area contributed by atoms with E-state index in [1.54, 1.807) is 0 Å². The summed E-state index contributed by atoms with van der Waals surface area (Å²) < 4.78 is 0. The second-order valence-corrected chi connectivity index (χ2v) is 3.37. The fraction of sp³-hybridized carbons (Fsp3) is 0.636. The van der Waals surface area contributed by atoms with Crippen molar-refractivity contribution in [2.75, 3.05) is 0 Å². The minimum atomic E-state index is 1.03. The number of allylic oxidation sites excluding steroid dienone is 3. The molecule has 0 aromatic rings. The maximum atomic E-state index is 3.67. The molecule has 0 nitrogen and oxygen atoms in total. The van der Waals surface area contributed by atoms with Crippen LogP contribution in [0.4, 0.5) is 0 Å². The van der Waals surface area contributed by atoms with Gasteiger partial charge in [0.15, 0.2) is 0 Å². The van der Waals surface area contributed by atoms with Crippen LogP contribution in [0, 0.1) is 5.92 Å². The summed E-state index contributed by atoms with van der Waals surface area (Å²) in [6.07, 6.45) is 14.6. The van der Waals surface area contributed by atoms with E-state index >= 15 is 0 Å². The van der Waals surface area contributed by atoms with E-state index in [0.717, 1.165) is 12.3 Å². The first-order valence-corrected chi connectivity index (χ1v) is 4.69. The van der Waals surface area contributed by atoms with Gasteiger partial charge < -0.3 is 0 Å². The van der Waals surface area contributed by atoms with Crippen LogP contribution in [0.2, 0.25) is 0 Å². The van der Waals surface area contributed by atoms with Gasteiger partial charge in [-0.05, 0) is 25.2 Å². The first-order chi connectivity index (χ1) is 5.43. The Morgan fingerprint density at radius 2 is 2.09 bits per heavy atom. The number of hydrogen-bond acceptors (Lipinski definition) is 0. The lowest BCUT2D eigenvalue weighted by Crippen LogP contribution is -1.75. The van der Waals surface area contributed by atoms with E-state index in [9.17, 15) is 0 Å². The van der Waals surface area contributed by atoms with E-state index in [4.69, 9.17) is 0 Å². The average molecular weight is 150 g/mol. The van der Waals surface area contributed by atoms with Gasteiger partial charge in [0.05, 0.1) is 0 Å². The van der Waals surface area contributed by atoms with Crippen LogP contribution in [0.15, 0.2) is 24.8 Å². The van der Waals surface area contributed by atoms with Crippen LogP contribution < -0.4 is 0 Å². The van der Waals surface area contributed by atoms with Crippen molar-refractivity contribution in [1.29, 1.82) is 0 Å². The minimum Gasteiger partial charge on any atom is -0.103 e. The normalized spacial score (nSPS) is 17.5. The van der Waals surface area contributed by atoms with Gasteiger partial charge in [0.1, 0.15) is 0 Å². The molecule has 0 spiro atoms. The van der Waals surface area contributed by atoms with E-state index in [-0.39, 0.29) is 0 Å². The molecule has 0 bridgehead atoms. The van der Waals surface area contributed by atoms with Gasteiger partial charge in [0.2, 0.25) is 0 Å². The number of unbranched alkanes of at least 4 members (excludes halogenated alkanes) is 1. The van der Waals surface area contributed by atoms with Gasteiger partial charge in [-0.25, -0.2) is 0 Å². The summed E-state index contributed by atoms with van der Waals surface area (Å²) in [6, 6.07) is 0. The van der Waals surface area contributed by atoms with Crippen LogP contribution >= 0.6 is 0 Å². The first kappa shape index (κ1) is 8.58. The molecule has 11 heavy (non-hydrogen) atoms. The Morgan fingerprint density at radius 3 is 2.73 bits per heavy atom. The Kier molecular flexibility index (Phi) is 4.03. The van der Waals surface area contributed by atoms with E-state index in [1.807, 2.05) is 6.08 Å². The fourth-order valence-electron chi connectivity index (χ4n) is 1.24. The highest BCUT2D eigenvalue weighted by atomic mass is 14.2. The molecule has 1 aliphatic rings. The highest BCUT2D eigenvalue weighted by Gasteiger charge is 2.19. The maximum absolute atomic E-state index is 3.67. The van der Waals surface area contributed by atoms with Gasteiger partial charge in [0, 0.05) is 0 Å². The van der Waals surface area contributed by atoms with Gasteiger partial charge in [-0.15, -0.1) is 6.58 Å². The van der Waals surface area contributed by atoms with Gasteiger partial charge in [-0.2, -0.15) is 0 Å². The molecule has 1 fully saturated rings. The van der Waals surface area contributed by atoms with Crippen LogP contribution in [0.5, 0.6) is 0 Å². The lowest BCUT2D eigenvalue weighted by Gasteiger charge is -1.91. The smallest absolute Gasteiger partial charge is 0.0172 e. The van der Waals surface area contributed by atoms with E-state index in [2.05, 4.69) is 18.7 Å². The highest BCUT2D eigenvalue weighted by molar-refractivity contribution is 4.88. The molecule has 1 aliphatic carbocycles. The van der Waals surface area contributed by atoms with Gasteiger partial charge >= 0.3 is 0 Å². The molecule has 0 amide bonds. The monoisotopic (exact) mass is 150 g/mol. The Balaban J connectivity index is 1.82. The Labute approximate surface area is 70.0 Å². The summed E-state index contributed by atoms with van der Waals surface area (Å²) in [4.78, 5) is 0. The van der Waals surface area contributed by atoms with Gasteiger partial charge in [0.25, 0.3) is 0 Å². The summed E-state index contributed by atoms with van der Waals surface area (Å²) >= 11 is 0. The Morgan fingerprint density at radius 1 is 1.27 bits per heavy atom. The summed E-state index contributed by atoms with van der Waals surface area (Å²) in [5.41, 5.74) is 0. The fourth-order valence-corrected chi connectivity index (χ4v) is 1.24. The van der Waals surface area contributed by atoms with E-state index in [0.29, 0.717) is 0 Å². The van der Waals surface area contributed by atoms with Crippen molar-refractivity contribution in [2.24, 2.45) is 5.92 Å². The molecule has 0 aromatic carbocycles. The number of hydrogen-bond donors (Lipinski definition) is 0. The van der Waals surface area contributed by atoms with Crippen LogP contribution in [0.25, 0.3) is 0 Å². The molecule has 0 heteroatoms. The first-order valence-electron chi connectivity index (χ1n) is 4.69. The summed E-state index contributed by atoms with van der Waals surface area (Å²) in [5, 5.41) is 0. The molecular formula is C11H18. The minimum absolute atomic E-state index is 1.03. The molecule has 1 rings (SSSR count). The van der Waals surface area contributed by atoms with Gasteiger partial charge in [-0.1, -0.05) is 37.5 Å². The quantitative estimate of drug-likeness (QED) is 0.400. The SMILES string of the molecule is C=CC/C=C/CCCC1CC1. The van der Waals surface area contributed by atoms with Crippen molar-refractivity contribution in [1.82, 2.24) is 0 Å². The third-order valence-corrected chi connectivity index (χ3v) is 2.15. The Hall–Kier alpha value is -0.520. The van der Waals surface area contributed by atoms with Gasteiger partial charge in [-0.3, -0.25) is 0 Å². The highest BCUT2D eigenvalue weighted by Crippen LogP contribution is 2.33. The van der Waals surface area contributed by atoms with Crippen LogP contribution in [0.1, 0.15) is 38.5 Å². The predicted molar refractivity (Wildman–Crippen MR) is 50.5 cm³/mol. The molecule has 0 heterocycles. The Bertz CT molecular complexity index is 129. The molecule has 1 saturated carbocycles. The summed E-state index contributed by atoms with van der Waals surface area (Å²) in [5.74, 6) is 1.10. The largest absolute Gasteiger partial charge is 0.103 e.